The molecule has 15 nitrogen and oxygen atoms in total. The summed E-state index contributed by atoms with van der Waals surface area (Å²) < 4.78 is 49.3. The maximum atomic E-state index is 12.9. The van der Waals surface area contributed by atoms with Crippen molar-refractivity contribution in [3.8, 4) is 17.5 Å². The van der Waals surface area contributed by atoms with Crippen LogP contribution in [0.3, 0.4) is 0 Å². The molecule has 1 heterocycles. The van der Waals surface area contributed by atoms with Gasteiger partial charge in [-0.1, -0.05) is 41.9 Å². The molecule has 0 radical (unpaired) electrons. The van der Waals surface area contributed by atoms with Crippen molar-refractivity contribution in [1.29, 1.82) is 0 Å². The number of aliphatic imine (C=N–C) groups is 1. The van der Waals surface area contributed by atoms with Crippen molar-refractivity contribution in [2.75, 3.05) is 29.1 Å². The van der Waals surface area contributed by atoms with Crippen LogP contribution in [-0.2, 0) is 19.9 Å². The van der Waals surface area contributed by atoms with Gasteiger partial charge in [0.15, 0.2) is 6.61 Å². The summed E-state index contributed by atoms with van der Waals surface area (Å²) >= 11 is 6.02. The molecule has 0 bridgehead atoms. The molecule has 1 aromatic heterocycles. The fourth-order valence-corrected chi connectivity index (χ4v) is 5.24. The summed E-state index contributed by atoms with van der Waals surface area (Å²) in [7, 11) is 0. The number of hydrogen-bond acceptors (Lipinski definition) is 11. The van der Waals surface area contributed by atoms with Gasteiger partial charge in [0.05, 0.1) is 12.1 Å². The first kappa shape index (κ1) is 39.6. The number of ether oxygens (including phenoxy) is 2. The number of carboxylic acid groups (broad SMARTS) is 1. The highest BCUT2D eigenvalue weighted by Crippen LogP contribution is 2.48. The average Bonchev–Trinajstić information content (AvgIpc) is 3.96. The number of halogens is 4. The Kier molecular flexibility index (Phi) is 11.9. The number of nitrogens with one attached hydrogen (secondary N) is 4. The van der Waals surface area contributed by atoms with Crippen LogP contribution in [-0.4, -0.2) is 68.8 Å². The summed E-state index contributed by atoms with van der Waals surface area (Å²) in [6.07, 6.45) is -3.28. The topological polar surface area (TPSA) is 206 Å². The Labute approximate surface area is 326 Å². The smallest absolute Gasteiger partial charge is 0.422 e. The number of carbonyl (C=O) groups is 4. The number of aliphatic carboxylic acids is 1. The molecular formula is C38H30ClF3N8O7. The molecule has 3 amide bonds. The minimum atomic E-state index is -4.66. The monoisotopic (exact) mass is 802 g/mol. The molecule has 4 aromatic carbocycles. The molecule has 0 aliphatic heterocycles. The van der Waals surface area contributed by atoms with Gasteiger partial charge in [-0.15, -0.1) is 0 Å². The van der Waals surface area contributed by atoms with Crippen molar-refractivity contribution >= 4 is 64.3 Å². The van der Waals surface area contributed by atoms with Crippen LogP contribution in [0, 0.1) is 0 Å². The number of hydrogen-bond donors (Lipinski definition) is 5. The van der Waals surface area contributed by atoms with Gasteiger partial charge in [0.25, 0.3) is 5.91 Å². The first-order chi connectivity index (χ1) is 27.2. The summed E-state index contributed by atoms with van der Waals surface area (Å²) in [4.78, 5) is 65.4. The van der Waals surface area contributed by atoms with Crippen LogP contribution in [0.2, 0.25) is 5.02 Å². The van der Waals surface area contributed by atoms with E-state index in [-0.39, 0.29) is 28.8 Å². The highest BCUT2D eigenvalue weighted by atomic mass is 35.5. The highest BCUT2D eigenvalue weighted by Gasteiger charge is 2.45. The predicted molar refractivity (Wildman–Crippen MR) is 201 cm³/mol. The zero-order valence-corrected chi connectivity index (χ0v) is 30.1. The highest BCUT2D eigenvalue weighted by molar-refractivity contribution is 6.42. The third kappa shape index (κ3) is 11.2. The van der Waals surface area contributed by atoms with E-state index in [1.165, 1.54) is 36.4 Å². The molecule has 0 spiro atoms. The van der Waals surface area contributed by atoms with E-state index in [2.05, 4.69) is 41.2 Å². The van der Waals surface area contributed by atoms with E-state index in [0.717, 1.165) is 5.56 Å². The molecule has 0 unspecified atom stereocenters. The van der Waals surface area contributed by atoms with Gasteiger partial charge >= 0.3 is 30.0 Å². The molecule has 1 saturated carbocycles. The van der Waals surface area contributed by atoms with Gasteiger partial charge in [0, 0.05) is 22.0 Å². The molecule has 1 aliphatic rings. The summed E-state index contributed by atoms with van der Waals surface area (Å²) in [5.41, 5.74) is 0.0174. The lowest BCUT2D eigenvalue weighted by Crippen LogP contribution is -2.40. The molecule has 5 aromatic rings. The predicted octanol–water partition coefficient (Wildman–Crippen LogP) is 6.52. The van der Waals surface area contributed by atoms with Crippen molar-refractivity contribution in [1.82, 2.24) is 20.3 Å². The second-order valence-corrected chi connectivity index (χ2v) is 12.8. The number of nitrogens with zero attached hydrogens (tertiary/aromatic N) is 4. The molecule has 292 valence electrons. The fourth-order valence-electron chi connectivity index (χ4n) is 5.11. The number of aromatic nitrogens is 3. The maximum absolute atomic E-state index is 12.9. The van der Waals surface area contributed by atoms with E-state index < -0.39 is 60.3 Å². The van der Waals surface area contributed by atoms with Gasteiger partial charge in [0.2, 0.25) is 11.9 Å². The number of carbonyl (C=O) groups excluding carboxylic acids is 3. The zero-order valence-electron chi connectivity index (χ0n) is 29.3. The van der Waals surface area contributed by atoms with E-state index in [0.29, 0.717) is 29.4 Å². The van der Waals surface area contributed by atoms with Crippen LogP contribution in [0.1, 0.15) is 28.8 Å². The van der Waals surface area contributed by atoms with Crippen molar-refractivity contribution < 1.29 is 46.9 Å². The number of rotatable bonds is 14. The molecule has 19 heteroatoms. The van der Waals surface area contributed by atoms with Crippen LogP contribution >= 0.6 is 11.6 Å². The van der Waals surface area contributed by atoms with Crippen molar-refractivity contribution in [2.24, 2.45) is 4.99 Å². The quantitative estimate of drug-likeness (QED) is 0.0601. The van der Waals surface area contributed by atoms with Crippen molar-refractivity contribution in [3.63, 3.8) is 0 Å². The van der Waals surface area contributed by atoms with E-state index in [4.69, 9.17) is 21.1 Å². The summed E-state index contributed by atoms with van der Waals surface area (Å²) in [6, 6.07) is 26.9. The number of para-hydroxylation sites is 1. The Morgan fingerprint density at radius 3 is 2.05 bits per heavy atom. The molecule has 1 aliphatic carbocycles. The van der Waals surface area contributed by atoms with Gasteiger partial charge in [-0.2, -0.15) is 28.1 Å². The lowest BCUT2D eigenvalue weighted by Gasteiger charge is -2.19. The van der Waals surface area contributed by atoms with Crippen molar-refractivity contribution in [3.05, 3.63) is 119 Å². The third-order valence-electron chi connectivity index (χ3n) is 8.06. The normalized spacial score (nSPS) is 13.2. The second kappa shape index (κ2) is 17.2. The van der Waals surface area contributed by atoms with E-state index in [9.17, 15) is 37.5 Å². The lowest BCUT2D eigenvalue weighted by molar-refractivity contribution is -0.154. The number of alkyl halides is 3. The number of anilines is 4. The zero-order chi connectivity index (χ0) is 40.6. The van der Waals surface area contributed by atoms with Crippen LogP contribution in [0.15, 0.2) is 108 Å². The first-order valence-corrected chi connectivity index (χ1v) is 17.3. The number of benzene rings is 4. The molecule has 0 atom stereocenters. The minimum Gasteiger partial charge on any atom is -0.477 e. The Balaban J connectivity index is 1.07. The average molecular weight is 803 g/mol. The van der Waals surface area contributed by atoms with Crippen LogP contribution in [0.5, 0.6) is 17.5 Å². The summed E-state index contributed by atoms with van der Waals surface area (Å²) in [6.45, 7) is -2.41. The van der Waals surface area contributed by atoms with E-state index in [1.807, 2.05) is 18.2 Å². The molecule has 6 rings (SSSR count). The number of amides is 3. The standard InChI is InChI=1S/C38H30ClF3N8O7/c39-24-10-8-23(9-11-24)37(18-19-37)50-35-47-34(48-36(49-35)56-21-38(40,41)42)45-26-12-6-22(7-13-26)30(51)46-29(33(54)55)20-43-31(52)32(53)44-25-14-16-28(17-15-25)57-27-4-2-1-3-5-27/h1-17H,18-21H2,(H,43,52)(H,44,53)(H,54,55)(H2,45,47,48,49,50)/b46-29-. The Bertz CT molecular complexity index is 2290. The summed E-state index contributed by atoms with van der Waals surface area (Å²) in [5, 5.41) is 20.6. The molecule has 57 heavy (non-hydrogen) atoms. The molecular weight excluding hydrogens is 773 g/mol. The molecule has 1 fully saturated rings. The van der Waals surface area contributed by atoms with Gasteiger partial charge in [0.1, 0.15) is 17.2 Å². The van der Waals surface area contributed by atoms with Gasteiger partial charge in [-0.25, -0.2) is 9.79 Å². The van der Waals surface area contributed by atoms with Gasteiger partial charge < -0.3 is 35.8 Å². The number of carboxylic acids is 1. The largest absolute Gasteiger partial charge is 0.477 e. The first-order valence-electron chi connectivity index (χ1n) is 16.9. The van der Waals surface area contributed by atoms with Crippen LogP contribution in [0.4, 0.5) is 36.4 Å². The van der Waals surface area contributed by atoms with Crippen LogP contribution < -0.4 is 30.7 Å². The van der Waals surface area contributed by atoms with E-state index in [1.54, 1.807) is 48.5 Å². The SMILES string of the molecule is O=C(NC/C(=N/C(=O)c1ccc(Nc2nc(NC3(c4ccc(Cl)cc4)CC3)nc(OCC(F)(F)F)n2)cc1)C(=O)O)C(=O)Nc1ccc(Oc2ccccc2)cc1. The maximum Gasteiger partial charge on any atom is 0.422 e. The Morgan fingerprint density at radius 2 is 1.42 bits per heavy atom. The minimum absolute atomic E-state index is 0.0612. The Hall–Kier alpha value is -7.08. The lowest BCUT2D eigenvalue weighted by atomic mass is 10.1. The van der Waals surface area contributed by atoms with Crippen LogP contribution in [0.25, 0.3) is 0 Å². The second-order valence-electron chi connectivity index (χ2n) is 12.3. The molecule has 0 saturated heterocycles. The Morgan fingerprint density at radius 1 is 0.789 bits per heavy atom. The third-order valence-corrected chi connectivity index (χ3v) is 8.31. The summed E-state index contributed by atoms with van der Waals surface area (Å²) in [5.74, 6) is -4.05. The van der Waals surface area contributed by atoms with E-state index >= 15 is 0 Å². The van der Waals surface area contributed by atoms with Crippen molar-refractivity contribution in [2.45, 2.75) is 24.6 Å². The fraction of sp³-hybridized carbons (Fsp3) is 0.158. The van der Waals surface area contributed by atoms with Gasteiger partial charge in [-0.3, -0.25) is 14.4 Å². The van der Waals surface area contributed by atoms with Gasteiger partial charge in [-0.05, 0) is 91.2 Å². The molecule has 5 N–H and O–H groups in total.